The number of hydrogen-bond donors (Lipinski definition) is 2. The third-order valence-electron chi connectivity index (χ3n) is 1.89. The fourth-order valence-corrected chi connectivity index (χ4v) is 3.61. The summed E-state index contributed by atoms with van der Waals surface area (Å²) in [6, 6.07) is 4.90. The Morgan fingerprint density at radius 3 is 2.35 bits per heavy atom. The summed E-state index contributed by atoms with van der Waals surface area (Å²) in [5, 5.41) is 0. The van der Waals surface area contributed by atoms with Crippen molar-refractivity contribution in [2.24, 2.45) is 0 Å². The second kappa shape index (κ2) is 4.88. The van der Waals surface area contributed by atoms with Crippen molar-refractivity contribution in [1.29, 1.82) is 0 Å². The summed E-state index contributed by atoms with van der Waals surface area (Å²) in [7, 11) is -2.21. The lowest BCUT2D eigenvalue weighted by atomic mass is 10.1. The Bertz CT molecular complexity index is 504. The number of rotatable bonds is 3. The molecule has 0 aromatic heterocycles. The summed E-state index contributed by atoms with van der Waals surface area (Å²) in [6.07, 6.45) is 0. The minimum atomic E-state index is -3.64. The van der Waals surface area contributed by atoms with Gasteiger partial charge in [-0.15, -0.1) is 12.6 Å². The molecule has 6 heteroatoms. The van der Waals surface area contributed by atoms with Gasteiger partial charge in [0.25, 0.3) is 0 Å². The Balaban J connectivity index is 3.33. The van der Waals surface area contributed by atoms with Crippen LogP contribution in [0.3, 0.4) is 0 Å². The molecule has 0 radical (unpaired) electrons. The summed E-state index contributed by atoms with van der Waals surface area (Å²) >= 11 is 4.17. The molecule has 0 amide bonds. The van der Waals surface area contributed by atoms with E-state index in [1.807, 2.05) is 0 Å². The zero-order valence-corrected chi connectivity index (χ0v) is 12.0. The maximum atomic E-state index is 12.2. The Hall–Kier alpha value is -0.720. The molecule has 0 unspecified atom stereocenters. The molecule has 0 heterocycles. The van der Waals surface area contributed by atoms with Crippen molar-refractivity contribution in [3.05, 3.63) is 18.2 Å². The minimum absolute atomic E-state index is 0.0701. The van der Waals surface area contributed by atoms with E-state index in [1.165, 1.54) is 7.11 Å². The summed E-state index contributed by atoms with van der Waals surface area (Å²) in [4.78, 5) is 0.432. The van der Waals surface area contributed by atoms with Crippen LogP contribution in [-0.2, 0) is 10.0 Å². The molecule has 17 heavy (non-hydrogen) atoms. The van der Waals surface area contributed by atoms with Gasteiger partial charge < -0.3 is 4.74 Å². The predicted octanol–water partition coefficient (Wildman–Crippen LogP) is 2.06. The van der Waals surface area contributed by atoms with Crippen LogP contribution in [0.2, 0.25) is 0 Å². The van der Waals surface area contributed by atoms with Crippen LogP contribution < -0.4 is 9.46 Å². The predicted molar refractivity (Wildman–Crippen MR) is 70.3 cm³/mol. The topological polar surface area (TPSA) is 55.4 Å². The first kappa shape index (κ1) is 14.3. The first-order chi connectivity index (χ1) is 7.67. The van der Waals surface area contributed by atoms with Gasteiger partial charge in [0.05, 0.1) is 7.11 Å². The zero-order chi connectivity index (χ0) is 13.3. The van der Waals surface area contributed by atoms with Gasteiger partial charge in [0.2, 0.25) is 10.0 Å². The van der Waals surface area contributed by atoms with E-state index in [-0.39, 0.29) is 10.6 Å². The van der Waals surface area contributed by atoms with Crippen molar-refractivity contribution >= 4 is 22.7 Å². The highest BCUT2D eigenvalue weighted by Gasteiger charge is 2.27. The van der Waals surface area contributed by atoms with Gasteiger partial charge in [-0.25, -0.2) is 13.1 Å². The van der Waals surface area contributed by atoms with E-state index < -0.39 is 15.6 Å². The lowest BCUT2D eigenvalue weighted by Gasteiger charge is -2.21. The van der Waals surface area contributed by atoms with E-state index in [0.717, 1.165) is 0 Å². The first-order valence-corrected chi connectivity index (χ1v) is 7.00. The normalized spacial score (nSPS) is 12.5. The van der Waals surface area contributed by atoms with Crippen molar-refractivity contribution in [3.63, 3.8) is 0 Å². The van der Waals surface area contributed by atoms with Crippen LogP contribution in [0.1, 0.15) is 20.8 Å². The molecular formula is C11H17NO3S2. The largest absolute Gasteiger partial charge is 0.495 e. The molecule has 1 aromatic carbocycles. The van der Waals surface area contributed by atoms with E-state index in [0.29, 0.717) is 4.90 Å². The first-order valence-electron chi connectivity index (χ1n) is 5.07. The lowest BCUT2D eigenvalue weighted by molar-refractivity contribution is 0.398. The van der Waals surface area contributed by atoms with Gasteiger partial charge in [-0.1, -0.05) is 6.07 Å². The number of ether oxygens (including phenoxy) is 1. The molecular weight excluding hydrogens is 258 g/mol. The van der Waals surface area contributed by atoms with Gasteiger partial charge in [-0.3, -0.25) is 0 Å². The van der Waals surface area contributed by atoms with Crippen molar-refractivity contribution in [1.82, 2.24) is 4.72 Å². The van der Waals surface area contributed by atoms with E-state index in [4.69, 9.17) is 4.74 Å². The van der Waals surface area contributed by atoms with Gasteiger partial charge in [0.1, 0.15) is 10.6 Å². The minimum Gasteiger partial charge on any atom is -0.495 e. The van der Waals surface area contributed by atoms with E-state index in [2.05, 4.69) is 17.4 Å². The molecule has 0 aliphatic carbocycles. The summed E-state index contributed by atoms with van der Waals surface area (Å²) in [5.74, 6) is 0.286. The standard InChI is InChI=1S/C11H17NO3S2/c1-11(2,3)12-17(13,14)10-8(15-4)6-5-7-9(10)16/h5-7,12,16H,1-4H3. The number of nitrogens with one attached hydrogen (secondary N) is 1. The highest BCUT2D eigenvalue weighted by atomic mass is 32.2. The Kier molecular flexibility index (Phi) is 4.11. The second-order valence-electron chi connectivity index (χ2n) is 4.66. The van der Waals surface area contributed by atoms with Gasteiger partial charge >= 0.3 is 0 Å². The average Bonchev–Trinajstić information content (AvgIpc) is 2.12. The molecule has 0 bridgehead atoms. The molecule has 0 spiro atoms. The van der Waals surface area contributed by atoms with Crippen molar-refractivity contribution in [3.8, 4) is 5.75 Å². The Morgan fingerprint density at radius 2 is 1.88 bits per heavy atom. The van der Waals surface area contributed by atoms with Crippen LogP contribution in [-0.4, -0.2) is 21.1 Å². The molecule has 0 fully saturated rings. The highest BCUT2D eigenvalue weighted by Crippen LogP contribution is 2.30. The van der Waals surface area contributed by atoms with Gasteiger partial charge in [-0.05, 0) is 32.9 Å². The van der Waals surface area contributed by atoms with Crippen LogP contribution in [0, 0.1) is 0 Å². The maximum absolute atomic E-state index is 12.2. The van der Waals surface area contributed by atoms with Crippen LogP contribution in [0.4, 0.5) is 0 Å². The number of benzene rings is 1. The molecule has 1 aromatic rings. The third-order valence-corrected chi connectivity index (χ3v) is 4.25. The zero-order valence-electron chi connectivity index (χ0n) is 10.3. The SMILES string of the molecule is COc1cccc(S)c1S(=O)(=O)NC(C)(C)C. The molecule has 1 rings (SSSR count). The van der Waals surface area contributed by atoms with Crippen LogP contribution >= 0.6 is 12.6 Å². The molecule has 0 aliphatic heterocycles. The Labute approximate surface area is 108 Å². The lowest BCUT2D eigenvalue weighted by Crippen LogP contribution is -2.40. The maximum Gasteiger partial charge on any atom is 0.245 e. The van der Waals surface area contributed by atoms with E-state index >= 15 is 0 Å². The number of hydrogen-bond acceptors (Lipinski definition) is 4. The third kappa shape index (κ3) is 3.62. The molecule has 0 aliphatic rings. The molecule has 4 nitrogen and oxygen atoms in total. The summed E-state index contributed by atoms with van der Waals surface area (Å²) in [5.41, 5.74) is -0.556. The van der Waals surface area contributed by atoms with Crippen LogP contribution in [0.15, 0.2) is 28.0 Å². The molecule has 0 atom stereocenters. The van der Waals surface area contributed by atoms with Gasteiger partial charge in [0, 0.05) is 10.4 Å². The number of thiol groups is 1. The summed E-state index contributed by atoms with van der Waals surface area (Å²) < 4.78 is 32.0. The van der Waals surface area contributed by atoms with Crippen LogP contribution in [0.25, 0.3) is 0 Å². The highest BCUT2D eigenvalue weighted by molar-refractivity contribution is 7.90. The monoisotopic (exact) mass is 275 g/mol. The number of sulfonamides is 1. The van der Waals surface area contributed by atoms with Gasteiger partial charge in [0.15, 0.2) is 0 Å². The quantitative estimate of drug-likeness (QED) is 0.830. The Morgan fingerprint density at radius 1 is 1.29 bits per heavy atom. The van der Waals surface area contributed by atoms with E-state index in [9.17, 15) is 8.42 Å². The molecule has 0 saturated carbocycles. The van der Waals surface area contributed by atoms with Gasteiger partial charge in [-0.2, -0.15) is 0 Å². The second-order valence-corrected chi connectivity index (χ2v) is 6.77. The van der Waals surface area contributed by atoms with Crippen molar-refractivity contribution < 1.29 is 13.2 Å². The smallest absolute Gasteiger partial charge is 0.245 e. The van der Waals surface area contributed by atoms with Crippen molar-refractivity contribution in [2.45, 2.75) is 36.1 Å². The fraction of sp³-hybridized carbons (Fsp3) is 0.455. The summed E-state index contributed by atoms with van der Waals surface area (Å²) in [6.45, 7) is 5.33. The molecule has 0 saturated heterocycles. The van der Waals surface area contributed by atoms with Crippen LogP contribution in [0.5, 0.6) is 5.75 Å². The number of methoxy groups -OCH3 is 1. The average molecular weight is 275 g/mol. The fourth-order valence-electron chi connectivity index (χ4n) is 1.39. The van der Waals surface area contributed by atoms with E-state index in [1.54, 1.807) is 39.0 Å². The molecule has 96 valence electrons. The van der Waals surface area contributed by atoms with Crippen molar-refractivity contribution in [2.75, 3.05) is 7.11 Å². The molecule has 1 N–H and O–H groups in total.